The molecule has 0 fully saturated rings. The van der Waals surface area contributed by atoms with E-state index >= 15 is 0 Å². The Bertz CT molecular complexity index is 145. The van der Waals surface area contributed by atoms with E-state index in [1.54, 1.807) is 0 Å². The second kappa shape index (κ2) is 15.0. The maximum atomic E-state index is 8.73. The molecule has 0 aliphatic carbocycles. The van der Waals surface area contributed by atoms with Crippen LogP contribution in [0, 0.1) is 5.92 Å². The van der Waals surface area contributed by atoms with Gasteiger partial charge in [0.15, 0.2) is 0 Å². The minimum Gasteiger partial charge on any atom is -0.396 e. The SMILES string of the molecule is CCCCCCCCCCCC(C)CCCCO. The fourth-order valence-corrected chi connectivity index (χ4v) is 2.55. The van der Waals surface area contributed by atoms with Gasteiger partial charge in [-0.2, -0.15) is 0 Å². The summed E-state index contributed by atoms with van der Waals surface area (Å²) in [7, 11) is 0. The molecule has 110 valence electrons. The van der Waals surface area contributed by atoms with E-state index < -0.39 is 0 Å². The summed E-state index contributed by atoms with van der Waals surface area (Å²) in [6.07, 6.45) is 17.7. The summed E-state index contributed by atoms with van der Waals surface area (Å²) >= 11 is 0. The minimum absolute atomic E-state index is 0.366. The van der Waals surface area contributed by atoms with Gasteiger partial charge >= 0.3 is 0 Å². The molecule has 1 nitrogen and oxygen atoms in total. The summed E-state index contributed by atoms with van der Waals surface area (Å²) in [5.74, 6) is 0.862. The van der Waals surface area contributed by atoms with Crippen LogP contribution in [0.25, 0.3) is 0 Å². The van der Waals surface area contributed by atoms with Gasteiger partial charge in [-0.15, -0.1) is 0 Å². The molecule has 0 aromatic heterocycles. The lowest BCUT2D eigenvalue weighted by atomic mass is 9.97. The summed E-state index contributed by atoms with van der Waals surface area (Å²) in [6, 6.07) is 0. The third-order valence-electron chi connectivity index (χ3n) is 3.91. The lowest BCUT2D eigenvalue weighted by molar-refractivity contribution is 0.277. The second-order valence-corrected chi connectivity index (χ2v) is 5.94. The quantitative estimate of drug-likeness (QED) is 0.395. The first-order valence-corrected chi connectivity index (χ1v) is 8.42. The van der Waals surface area contributed by atoms with E-state index in [0.717, 1.165) is 12.3 Å². The molecule has 0 spiro atoms. The average molecular weight is 256 g/mol. The molecule has 1 unspecified atom stereocenters. The monoisotopic (exact) mass is 256 g/mol. The van der Waals surface area contributed by atoms with Crippen LogP contribution in [0.15, 0.2) is 0 Å². The van der Waals surface area contributed by atoms with Crippen LogP contribution in [0.5, 0.6) is 0 Å². The molecule has 0 aliphatic rings. The summed E-state index contributed by atoms with van der Waals surface area (Å²) in [4.78, 5) is 0. The largest absolute Gasteiger partial charge is 0.396 e. The Morgan fingerprint density at radius 2 is 1.11 bits per heavy atom. The molecule has 0 saturated heterocycles. The number of hydrogen-bond acceptors (Lipinski definition) is 1. The van der Waals surface area contributed by atoms with E-state index in [-0.39, 0.29) is 0 Å². The van der Waals surface area contributed by atoms with Crippen molar-refractivity contribution in [2.45, 2.75) is 97.3 Å². The van der Waals surface area contributed by atoms with Gasteiger partial charge in [-0.25, -0.2) is 0 Å². The maximum Gasteiger partial charge on any atom is 0.0431 e. The van der Waals surface area contributed by atoms with Crippen molar-refractivity contribution in [3.63, 3.8) is 0 Å². The molecular weight excluding hydrogens is 220 g/mol. The Kier molecular flexibility index (Phi) is 15.0. The molecule has 18 heavy (non-hydrogen) atoms. The molecule has 0 rings (SSSR count). The normalized spacial score (nSPS) is 12.8. The first-order chi connectivity index (χ1) is 8.81. The van der Waals surface area contributed by atoms with Gasteiger partial charge in [0.1, 0.15) is 0 Å². The topological polar surface area (TPSA) is 20.2 Å². The molecular formula is C17H36O. The van der Waals surface area contributed by atoms with Crippen LogP contribution in [0.4, 0.5) is 0 Å². The van der Waals surface area contributed by atoms with Gasteiger partial charge < -0.3 is 5.11 Å². The van der Waals surface area contributed by atoms with Gasteiger partial charge in [0.25, 0.3) is 0 Å². The number of aliphatic hydroxyl groups is 1. The number of rotatable bonds is 14. The predicted molar refractivity (Wildman–Crippen MR) is 81.9 cm³/mol. The van der Waals surface area contributed by atoms with E-state index in [2.05, 4.69) is 13.8 Å². The van der Waals surface area contributed by atoms with Crippen LogP contribution in [0.1, 0.15) is 97.3 Å². The molecule has 0 bridgehead atoms. The standard InChI is InChI=1S/C17H36O/c1-3-4-5-6-7-8-9-10-11-14-17(2)15-12-13-16-18/h17-18H,3-16H2,1-2H3. The van der Waals surface area contributed by atoms with E-state index in [1.807, 2.05) is 0 Å². The van der Waals surface area contributed by atoms with Gasteiger partial charge in [0, 0.05) is 6.61 Å². The maximum absolute atomic E-state index is 8.73. The molecule has 0 saturated carbocycles. The van der Waals surface area contributed by atoms with E-state index in [1.165, 1.54) is 77.0 Å². The zero-order valence-electron chi connectivity index (χ0n) is 12.9. The van der Waals surface area contributed by atoms with Gasteiger partial charge in [0.2, 0.25) is 0 Å². The summed E-state index contributed by atoms with van der Waals surface area (Å²) in [5.41, 5.74) is 0. The van der Waals surface area contributed by atoms with Gasteiger partial charge in [-0.1, -0.05) is 90.9 Å². The molecule has 1 atom stereocenters. The van der Waals surface area contributed by atoms with Crippen LogP contribution >= 0.6 is 0 Å². The van der Waals surface area contributed by atoms with Crippen LogP contribution in [-0.4, -0.2) is 11.7 Å². The van der Waals surface area contributed by atoms with E-state index in [9.17, 15) is 0 Å². The molecule has 0 heterocycles. The molecule has 0 aromatic carbocycles. The van der Waals surface area contributed by atoms with Crippen molar-refractivity contribution in [2.24, 2.45) is 5.92 Å². The molecule has 0 aliphatic heterocycles. The lowest BCUT2D eigenvalue weighted by Crippen LogP contribution is -1.96. The van der Waals surface area contributed by atoms with Crippen LogP contribution in [0.3, 0.4) is 0 Å². The highest BCUT2D eigenvalue weighted by Gasteiger charge is 2.01. The molecule has 0 aromatic rings. The lowest BCUT2D eigenvalue weighted by Gasteiger charge is -2.10. The van der Waals surface area contributed by atoms with Crippen molar-refractivity contribution < 1.29 is 5.11 Å². The molecule has 0 radical (unpaired) electrons. The highest BCUT2D eigenvalue weighted by atomic mass is 16.2. The van der Waals surface area contributed by atoms with Crippen LogP contribution in [0.2, 0.25) is 0 Å². The zero-order chi connectivity index (χ0) is 13.5. The van der Waals surface area contributed by atoms with Crippen LogP contribution in [-0.2, 0) is 0 Å². The third kappa shape index (κ3) is 14.0. The Morgan fingerprint density at radius 1 is 0.667 bits per heavy atom. The fourth-order valence-electron chi connectivity index (χ4n) is 2.55. The Labute approximate surface area is 115 Å². The van der Waals surface area contributed by atoms with Crippen molar-refractivity contribution in [3.8, 4) is 0 Å². The number of unbranched alkanes of at least 4 members (excludes halogenated alkanes) is 9. The molecule has 1 heteroatoms. The molecule has 0 amide bonds. The van der Waals surface area contributed by atoms with Gasteiger partial charge in [-0.05, 0) is 12.3 Å². The van der Waals surface area contributed by atoms with E-state index in [4.69, 9.17) is 5.11 Å². The third-order valence-corrected chi connectivity index (χ3v) is 3.91. The van der Waals surface area contributed by atoms with Gasteiger partial charge in [0.05, 0.1) is 0 Å². The Hall–Kier alpha value is -0.0400. The first-order valence-electron chi connectivity index (χ1n) is 8.42. The van der Waals surface area contributed by atoms with Crippen molar-refractivity contribution in [2.75, 3.05) is 6.61 Å². The smallest absolute Gasteiger partial charge is 0.0431 e. The molecule has 1 N–H and O–H groups in total. The van der Waals surface area contributed by atoms with Crippen molar-refractivity contribution >= 4 is 0 Å². The fraction of sp³-hybridized carbons (Fsp3) is 1.00. The predicted octanol–water partition coefficient (Wildman–Crippen LogP) is 5.71. The summed E-state index contributed by atoms with van der Waals surface area (Å²) in [6.45, 7) is 5.01. The summed E-state index contributed by atoms with van der Waals surface area (Å²) < 4.78 is 0. The van der Waals surface area contributed by atoms with E-state index in [0.29, 0.717) is 6.61 Å². The number of aliphatic hydroxyl groups excluding tert-OH is 1. The second-order valence-electron chi connectivity index (χ2n) is 5.94. The van der Waals surface area contributed by atoms with Gasteiger partial charge in [-0.3, -0.25) is 0 Å². The zero-order valence-corrected chi connectivity index (χ0v) is 12.9. The number of hydrogen-bond donors (Lipinski definition) is 1. The first kappa shape index (κ1) is 18.0. The minimum atomic E-state index is 0.366. The van der Waals surface area contributed by atoms with Crippen molar-refractivity contribution in [1.29, 1.82) is 0 Å². The van der Waals surface area contributed by atoms with Crippen molar-refractivity contribution in [3.05, 3.63) is 0 Å². The van der Waals surface area contributed by atoms with Crippen molar-refractivity contribution in [1.82, 2.24) is 0 Å². The highest BCUT2D eigenvalue weighted by Crippen LogP contribution is 2.17. The Balaban J connectivity index is 3.05. The highest BCUT2D eigenvalue weighted by molar-refractivity contribution is 4.55. The average Bonchev–Trinajstić information content (AvgIpc) is 2.37. The summed E-state index contributed by atoms with van der Waals surface area (Å²) in [5, 5.41) is 8.73. The Morgan fingerprint density at radius 3 is 1.61 bits per heavy atom. The van der Waals surface area contributed by atoms with Crippen LogP contribution < -0.4 is 0 Å².